The van der Waals surface area contributed by atoms with Crippen molar-refractivity contribution in [1.82, 2.24) is 9.97 Å². The number of para-hydroxylation sites is 2. The zero-order valence-electron chi connectivity index (χ0n) is 15.3. The van der Waals surface area contributed by atoms with Gasteiger partial charge in [0.25, 0.3) is 0 Å². The van der Waals surface area contributed by atoms with Crippen molar-refractivity contribution in [2.45, 2.75) is 6.92 Å². The molecule has 0 atom stereocenters. The van der Waals surface area contributed by atoms with Crippen molar-refractivity contribution >= 4 is 23.1 Å². The number of hydrogen-bond acceptors (Lipinski definition) is 5. The number of nitrogens with one attached hydrogen (secondary N) is 1. The third-order valence-electron chi connectivity index (χ3n) is 4.66. The van der Waals surface area contributed by atoms with Crippen LogP contribution in [0.2, 0.25) is 0 Å². The van der Waals surface area contributed by atoms with Crippen LogP contribution in [-0.2, 0) is 0 Å². The number of piperazine rings is 1. The van der Waals surface area contributed by atoms with Crippen LogP contribution >= 0.6 is 0 Å². The van der Waals surface area contributed by atoms with Crippen molar-refractivity contribution in [1.29, 1.82) is 0 Å². The van der Waals surface area contributed by atoms with Gasteiger partial charge in [-0.15, -0.1) is 0 Å². The van der Waals surface area contributed by atoms with Crippen LogP contribution in [0.4, 0.5) is 27.5 Å². The average molecular weight is 363 g/mol. The molecule has 5 nitrogen and oxygen atoms in total. The standard InChI is InChI=1S/C21H22FN5/c1-16-15-20(24-19-10-6-5-9-18(19)22)25-21(23-16)27-13-11-26(12-14-27)17-7-3-2-4-8-17/h2-10,15H,11-14H2,1H3,(H,23,24,25). The van der Waals surface area contributed by atoms with E-state index in [1.54, 1.807) is 18.2 Å². The molecule has 0 saturated carbocycles. The summed E-state index contributed by atoms with van der Waals surface area (Å²) in [5, 5.41) is 3.06. The van der Waals surface area contributed by atoms with E-state index in [1.165, 1.54) is 11.8 Å². The highest BCUT2D eigenvalue weighted by atomic mass is 19.1. The number of nitrogens with zero attached hydrogens (tertiary/aromatic N) is 4. The first-order chi connectivity index (χ1) is 13.2. The Morgan fingerprint density at radius 3 is 2.26 bits per heavy atom. The Hall–Kier alpha value is -3.15. The lowest BCUT2D eigenvalue weighted by molar-refractivity contribution is 0.631. The zero-order chi connectivity index (χ0) is 18.6. The number of anilines is 4. The van der Waals surface area contributed by atoms with E-state index in [0.717, 1.165) is 31.9 Å². The largest absolute Gasteiger partial charge is 0.368 e. The van der Waals surface area contributed by atoms with Crippen LogP contribution in [-0.4, -0.2) is 36.1 Å². The summed E-state index contributed by atoms with van der Waals surface area (Å²) >= 11 is 0. The van der Waals surface area contributed by atoms with Crippen molar-refractivity contribution in [2.75, 3.05) is 41.3 Å². The Morgan fingerprint density at radius 2 is 1.52 bits per heavy atom. The minimum Gasteiger partial charge on any atom is -0.368 e. The maximum Gasteiger partial charge on any atom is 0.227 e. The molecule has 1 fully saturated rings. The van der Waals surface area contributed by atoms with Gasteiger partial charge in [0.1, 0.15) is 11.6 Å². The summed E-state index contributed by atoms with van der Waals surface area (Å²) < 4.78 is 13.9. The number of benzene rings is 2. The second-order valence-electron chi connectivity index (χ2n) is 6.61. The maximum absolute atomic E-state index is 13.9. The number of rotatable bonds is 4. The van der Waals surface area contributed by atoms with Crippen LogP contribution < -0.4 is 15.1 Å². The Morgan fingerprint density at radius 1 is 0.852 bits per heavy atom. The summed E-state index contributed by atoms with van der Waals surface area (Å²) in [6, 6.07) is 18.8. The Balaban J connectivity index is 1.48. The van der Waals surface area contributed by atoms with Gasteiger partial charge in [-0.1, -0.05) is 30.3 Å². The monoisotopic (exact) mass is 363 g/mol. The number of aryl methyl sites for hydroxylation is 1. The molecule has 1 aliphatic heterocycles. The summed E-state index contributed by atoms with van der Waals surface area (Å²) in [6.07, 6.45) is 0. The topological polar surface area (TPSA) is 44.3 Å². The predicted molar refractivity (Wildman–Crippen MR) is 107 cm³/mol. The Labute approximate surface area is 158 Å². The summed E-state index contributed by atoms with van der Waals surface area (Å²) in [6.45, 7) is 5.45. The molecule has 2 heterocycles. The van der Waals surface area contributed by atoms with Crippen LogP contribution in [0.1, 0.15) is 5.69 Å². The molecule has 0 bridgehead atoms. The summed E-state index contributed by atoms with van der Waals surface area (Å²) in [7, 11) is 0. The van der Waals surface area contributed by atoms with Crippen LogP contribution in [0.3, 0.4) is 0 Å². The molecule has 2 aromatic carbocycles. The van der Waals surface area contributed by atoms with Gasteiger partial charge in [0.2, 0.25) is 5.95 Å². The van der Waals surface area contributed by atoms with Gasteiger partial charge in [0, 0.05) is 43.6 Å². The zero-order valence-corrected chi connectivity index (χ0v) is 15.3. The highest BCUT2D eigenvalue weighted by molar-refractivity contribution is 5.58. The summed E-state index contributed by atoms with van der Waals surface area (Å²) in [5.41, 5.74) is 2.50. The minimum absolute atomic E-state index is 0.299. The summed E-state index contributed by atoms with van der Waals surface area (Å²) in [5.74, 6) is 0.987. The molecule has 6 heteroatoms. The quantitative estimate of drug-likeness (QED) is 0.759. The molecule has 0 unspecified atom stereocenters. The molecular formula is C21H22FN5. The van der Waals surface area contributed by atoms with Crippen LogP contribution in [0.5, 0.6) is 0 Å². The van der Waals surface area contributed by atoms with Crippen LogP contribution in [0.25, 0.3) is 0 Å². The molecule has 4 rings (SSSR count). The number of halogens is 1. The lowest BCUT2D eigenvalue weighted by Crippen LogP contribution is -2.47. The van der Waals surface area contributed by atoms with Crippen molar-refractivity contribution in [3.8, 4) is 0 Å². The lowest BCUT2D eigenvalue weighted by Gasteiger charge is -2.36. The smallest absolute Gasteiger partial charge is 0.227 e. The Bertz CT molecular complexity index is 907. The van der Waals surface area contributed by atoms with Crippen LogP contribution in [0, 0.1) is 12.7 Å². The molecule has 1 N–H and O–H groups in total. The normalized spacial score (nSPS) is 14.3. The molecule has 3 aromatic rings. The summed E-state index contributed by atoms with van der Waals surface area (Å²) in [4.78, 5) is 13.7. The molecule has 0 aliphatic carbocycles. The maximum atomic E-state index is 13.9. The van der Waals surface area contributed by atoms with E-state index >= 15 is 0 Å². The van der Waals surface area contributed by atoms with Crippen molar-refractivity contribution in [3.05, 3.63) is 72.2 Å². The fourth-order valence-corrected chi connectivity index (χ4v) is 3.26. The van der Waals surface area contributed by atoms with Gasteiger partial charge in [-0.2, -0.15) is 4.98 Å². The van der Waals surface area contributed by atoms with E-state index in [4.69, 9.17) is 0 Å². The first-order valence-corrected chi connectivity index (χ1v) is 9.11. The third kappa shape index (κ3) is 4.00. The first-order valence-electron chi connectivity index (χ1n) is 9.11. The van der Waals surface area contributed by atoms with Gasteiger partial charge in [0.15, 0.2) is 0 Å². The fraction of sp³-hybridized carbons (Fsp3) is 0.238. The molecule has 1 aliphatic rings. The molecular weight excluding hydrogens is 341 g/mol. The fourth-order valence-electron chi connectivity index (χ4n) is 3.26. The average Bonchev–Trinajstić information content (AvgIpc) is 2.70. The van der Waals surface area contributed by atoms with E-state index in [9.17, 15) is 4.39 Å². The predicted octanol–water partition coefficient (Wildman–Crippen LogP) is 3.99. The van der Waals surface area contributed by atoms with E-state index in [1.807, 2.05) is 19.1 Å². The van der Waals surface area contributed by atoms with Crippen molar-refractivity contribution in [2.24, 2.45) is 0 Å². The lowest BCUT2D eigenvalue weighted by atomic mass is 10.2. The van der Waals surface area contributed by atoms with Gasteiger partial charge in [0.05, 0.1) is 5.69 Å². The highest BCUT2D eigenvalue weighted by Crippen LogP contribution is 2.22. The highest BCUT2D eigenvalue weighted by Gasteiger charge is 2.20. The second-order valence-corrected chi connectivity index (χ2v) is 6.61. The van der Waals surface area contributed by atoms with E-state index < -0.39 is 0 Å². The third-order valence-corrected chi connectivity index (χ3v) is 4.66. The number of hydrogen-bond donors (Lipinski definition) is 1. The molecule has 138 valence electrons. The van der Waals surface area contributed by atoms with Gasteiger partial charge in [-0.25, -0.2) is 9.37 Å². The van der Waals surface area contributed by atoms with Gasteiger partial charge in [-0.05, 0) is 31.2 Å². The SMILES string of the molecule is Cc1cc(Nc2ccccc2F)nc(N2CCN(c3ccccc3)CC2)n1. The minimum atomic E-state index is -0.299. The molecule has 0 radical (unpaired) electrons. The van der Waals surface area contributed by atoms with E-state index in [0.29, 0.717) is 17.5 Å². The van der Waals surface area contributed by atoms with Gasteiger partial charge < -0.3 is 15.1 Å². The molecule has 1 aromatic heterocycles. The first kappa shape index (κ1) is 17.3. The second kappa shape index (κ2) is 7.61. The van der Waals surface area contributed by atoms with Crippen LogP contribution in [0.15, 0.2) is 60.7 Å². The van der Waals surface area contributed by atoms with E-state index in [-0.39, 0.29) is 5.82 Å². The molecule has 0 amide bonds. The van der Waals surface area contributed by atoms with Gasteiger partial charge in [-0.3, -0.25) is 0 Å². The van der Waals surface area contributed by atoms with Crippen molar-refractivity contribution < 1.29 is 4.39 Å². The van der Waals surface area contributed by atoms with Crippen molar-refractivity contribution in [3.63, 3.8) is 0 Å². The molecule has 1 saturated heterocycles. The number of aromatic nitrogens is 2. The molecule has 27 heavy (non-hydrogen) atoms. The van der Waals surface area contributed by atoms with E-state index in [2.05, 4.69) is 49.4 Å². The molecule has 0 spiro atoms. The Kier molecular flexibility index (Phi) is 4.87. The van der Waals surface area contributed by atoms with Gasteiger partial charge >= 0.3 is 0 Å².